The van der Waals surface area contributed by atoms with Crippen molar-refractivity contribution >= 4 is 18.0 Å². The van der Waals surface area contributed by atoms with E-state index in [-0.39, 0.29) is 18.8 Å². The first kappa shape index (κ1) is 17.2. The molecule has 0 rings (SSSR count). The van der Waals surface area contributed by atoms with Crippen molar-refractivity contribution in [2.45, 2.75) is 39.7 Å². The lowest BCUT2D eigenvalue weighted by Gasteiger charge is -2.18. The summed E-state index contributed by atoms with van der Waals surface area (Å²) < 4.78 is 0. The largest absolute Gasteiger partial charge is 0.481 e. The van der Waals surface area contributed by atoms with E-state index >= 15 is 0 Å². The minimum atomic E-state index is -1.24. The summed E-state index contributed by atoms with van der Waals surface area (Å²) in [5, 5.41) is 22.2. The molecular weight excluding hydrogens is 252 g/mol. The molecule has 4 N–H and O–H groups in total. The van der Waals surface area contributed by atoms with Crippen LogP contribution in [0.5, 0.6) is 0 Å². The van der Waals surface area contributed by atoms with Crippen LogP contribution in [0.15, 0.2) is 0 Å². The highest BCUT2D eigenvalue weighted by Gasteiger charge is 2.21. The molecule has 0 aromatic rings. The second kappa shape index (κ2) is 8.34. The number of carboxylic acids is 2. The fourth-order valence-corrected chi connectivity index (χ4v) is 1.22. The fraction of sp³-hybridized carbons (Fsp3) is 0.750. The number of rotatable bonds is 8. The van der Waals surface area contributed by atoms with Crippen molar-refractivity contribution in [1.29, 1.82) is 0 Å². The summed E-state index contributed by atoms with van der Waals surface area (Å²) in [6.07, 6.45) is -0.447. The van der Waals surface area contributed by atoms with Gasteiger partial charge in [-0.05, 0) is 18.3 Å². The number of carbonyl (C=O) groups is 3. The Morgan fingerprint density at radius 2 is 1.68 bits per heavy atom. The molecule has 19 heavy (non-hydrogen) atoms. The van der Waals surface area contributed by atoms with Crippen LogP contribution in [0.3, 0.4) is 0 Å². The van der Waals surface area contributed by atoms with Crippen LogP contribution in [0, 0.1) is 11.8 Å². The molecule has 0 bridgehead atoms. The molecule has 2 amide bonds. The first-order chi connectivity index (χ1) is 8.73. The molecule has 0 spiro atoms. The molecule has 0 aliphatic heterocycles. The number of carboxylic acid groups (broad SMARTS) is 2. The van der Waals surface area contributed by atoms with E-state index in [2.05, 4.69) is 10.6 Å². The SMILES string of the molecule is CC(C)C(C)CNC(=O)NC(CCC(=O)O)C(=O)O. The maximum Gasteiger partial charge on any atom is 0.326 e. The van der Waals surface area contributed by atoms with E-state index in [0.29, 0.717) is 12.5 Å². The number of amides is 2. The monoisotopic (exact) mass is 274 g/mol. The maximum absolute atomic E-state index is 11.5. The van der Waals surface area contributed by atoms with Crippen LogP contribution in [0.25, 0.3) is 0 Å². The molecule has 0 saturated carbocycles. The molecule has 110 valence electrons. The number of aliphatic carboxylic acids is 2. The zero-order valence-electron chi connectivity index (χ0n) is 11.5. The average molecular weight is 274 g/mol. The average Bonchev–Trinajstić information content (AvgIpc) is 2.30. The van der Waals surface area contributed by atoms with Gasteiger partial charge in [0.1, 0.15) is 6.04 Å². The van der Waals surface area contributed by atoms with Crippen molar-refractivity contribution in [2.75, 3.05) is 6.54 Å². The van der Waals surface area contributed by atoms with Gasteiger partial charge < -0.3 is 20.8 Å². The smallest absolute Gasteiger partial charge is 0.326 e. The van der Waals surface area contributed by atoms with E-state index in [4.69, 9.17) is 10.2 Å². The van der Waals surface area contributed by atoms with Gasteiger partial charge in [-0.15, -0.1) is 0 Å². The second-order valence-corrected chi connectivity index (χ2v) is 4.90. The third-order valence-electron chi connectivity index (χ3n) is 2.97. The summed E-state index contributed by atoms with van der Waals surface area (Å²) >= 11 is 0. The zero-order chi connectivity index (χ0) is 15.0. The third kappa shape index (κ3) is 8.01. The van der Waals surface area contributed by atoms with Crippen molar-refractivity contribution in [2.24, 2.45) is 11.8 Å². The number of hydrogen-bond donors (Lipinski definition) is 4. The maximum atomic E-state index is 11.5. The standard InChI is InChI=1S/C12H22N2O5/c1-7(2)8(3)6-13-12(19)14-9(11(17)18)4-5-10(15)16/h7-9H,4-6H2,1-3H3,(H,15,16)(H,17,18)(H2,13,14,19). The lowest BCUT2D eigenvalue weighted by Crippen LogP contribution is -2.47. The summed E-state index contributed by atoms with van der Waals surface area (Å²) in [5.74, 6) is -1.66. The van der Waals surface area contributed by atoms with E-state index in [1.54, 1.807) is 0 Å². The summed E-state index contributed by atoms with van der Waals surface area (Å²) in [6.45, 7) is 6.47. The van der Waals surface area contributed by atoms with Crippen LogP contribution in [-0.2, 0) is 9.59 Å². The molecule has 0 saturated heterocycles. The molecule has 0 aromatic heterocycles. The predicted molar refractivity (Wildman–Crippen MR) is 68.8 cm³/mol. The summed E-state index contributed by atoms with van der Waals surface area (Å²) in [6, 6.07) is -1.78. The Hall–Kier alpha value is -1.79. The van der Waals surface area contributed by atoms with Crippen LogP contribution in [0.4, 0.5) is 4.79 Å². The molecule has 0 aliphatic carbocycles. The molecule has 0 fully saturated rings. The highest BCUT2D eigenvalue weighted by Crippen LogP contribution is 2.07. The Labute approximate surface area is 112 Å². The van der Waals surface area contributed by atoms with Gasteiger partial charge in [-0.1, -0.05) is 20.8 Å². The van der Waals surface area contributed by atoms with Crippen LogP contribution < -0.4 is 10.6 Å². The Balaban J connectivity index is 4.17. The summed E-state index contributed by atoms with van der Waals surface area (Å²) in [7, 11) is 0. The van der Waals surface area contributed by atoms with Gasteiger partial charge in [-0.25, -0.2) is 9.59 Å². The number of urea groups is 1. The van der Waals surface area contributed by atoms with Gasteiger partial charge in [0.05, 0.1) is 0 Å². The molecular formula is C12H22N2O5. The van der Waals surface area contributed by atoms with E-state index < -0.39 is 24.0 Å². The van der Waals surface area contributed by atoms with E-state index in [1.807, 2.05) is 20.8 Å². The Morgan fingerprint density at radius 1 is 1.11 bits per heavy atom. The van der Waals surface area contributed by atoms with Gasteiger partial charge in [0, 0.05) is 13.0 Å². The summed E-state index contributed by atoms with van der Waals surface area (Å²) in [4.78, 5) is 32.7. The normalized spacial score (nSPS) is 13.7. The molecule has 0 radical (unpaired) electrons. The highest BCUT2D eigenvalue weighted by atomic mass is 16.4. The predicted octanol–water partition coefficient (Wildman–Crippen LogP) is 0.896. The molecule has 7 heteroatoms. The van der Waals surface area contributed by atoms with Crippen molar-refractivity contribution < 1.29 is 24.6 Å². The van der Waals surface area contributed by atoms with Gasteiger partial charge in [-0.3, -0.25) is 4.79 Å². The van der Waals surface area contributed by atoms with Crippen LogP contribution >= 0.6 is 0 Å². The fourth-order valence-electron chi connectivity index (χ4n) is 1.22. The Morgan fingerprint density at radius 3 is 2.11 bits per heavy atom. The van der Waals surface area contributed by atoms with Gasteiger partial charge >= 0.3 is 18.0 Å². The molecule has 0 aliphatic rings. The van der Waals surface area contributed by atoms with E-state index in [0.717, 1.165) is 0 Å². The lowest BCUT2D eigenvalue weighted by atomic mass is 9.98. The molecule has 7 nitrogen and oxygen atoms in total. The highest BCUT2D eigenvalue weighted by molar-refractivity contribution is 5.82. The molecule has 0 aromatic carbocycles. The van der Waals surface area contributed by atoms with Crippen molar-refractivity contribution in [3.63, 3.8) is 0 Å². The topological polar surface area (TPSA) is 116 Å². The van der Waals surface area contributed by atoms with E-state index in [1.165, 1.54) is 0 Å². The van der Waals surface area contributed by atoms with Gasteiger partial charge in [0.25, 0.3) is 0 Å². The second-order valence-electron chi connectivity index (χ2n) is 4.90. The van der Waals surface area contributed by atoms with Gasteiger partial charge in [0.2, 0.25) is 0 Å². The van der Waals surface area contributed by atoms with Crippen LogP contribution in [-0.4, -0.2) is 40.8 Å². The van der Waals surface area contributed by atoms with Crippen molar-refractivity contribution in [1.82, 2.24) is 10.6 Å². The van der Waals surface area contributed by atoms with Gasteiger partial charge in [0.15, 0.2) is 0 Å². The minimum Gasteiger partial charge on any atom is -0.481 e. The van der Waals surface area contributed by atoms with Crippen molar-refractivity contribution in [3.8, 4) is 0 Å². The van der Waals surface area contributed by atoms with E-state index in [9.17, 15) is 14.4 Å². The van der Waals surface area contributed by atoms with Crippen molar-refractivity contribution in [3.05, 3.63) is 0 Å². The van der Waals surface area contributed by atoms with Crippen LogP contribution in [0.1, 0.15) is 33.6 Å². The summed E-state index contributed by atoms with van der Waals surface area (Å²) in [5.41, 5.74) is 0. The molecule has 2 atom stereocenters. The molecule has 0 heterocycles. The molecule has 2 unspecified atom stereocenters. The first-order valence-electron chi connectivity index (χ1n) is 6.23. The number of hydrogen-bond acceptors (Lipinski definition) is 3. The lowest BCUT2D eigenvalue weighted by molar-refractivity contribution is -0.140. The third-order valence-corrected chi connectivity index (χ3v) is 2.97. The zero-order valence-corrected chi connectivity index (χ0v) is 11.5. The Kier molecular flexibility index (Phi) is 7.55. The Bertz CT molecular complexity index is 330. The minimum absolute atomic E-state index is 0.141. The van der Waals surface area contributed by atoms with Gasteiger partial charge in [-0.2, -0.15) is 0 Å². The number of carbonyl (C=O) groups excluding carboxylic acids is 1. The first-order valence-corrected chi connectivity index (χ1v) is 6.23. The van der Waals surface area contributed by atoms with Crippen LogP contribution in [0.2, 0.25) is 0 Å². The quantitative estimate of drug-likeness (QED) is 0.524. The number of nitrogens with one attached hydrogen (secondary N) is 2.